The van der Waals surface area contributed by atoms with Crippen molar-refractivity contribution in [2.75, 3.05) is 0 Å². The average molecular weight is 755 g/mol. The second-order valence-corrected chi connectivity index (χ2v) is 14.7. The van der Waals surface area contributed by atoms with Crippen molar-refractivity contribution in [2.24, 2.45) is 5.92 Å². The smallest absolute Gasteiger partial charge is 0.164 e. The molecule has 0 unspecified atom stereocenters. The average Bonchev–Trinajstić information content (AvgIpc) is 3.26. The lowest BCUT2D eigenvalue weighted by Gasteiger charge is -2.16. The molecule has 6 aromatic carbocycles. The highest BCUT2D eigenvalue weighted by Crippen LogP contribution is 2.40. The maximum absolute atomic E-state index is 5.35. The first-order chi connectivity index (χ1) is 28.3. The van der Waals surface area contributed by atoms with Crippen LogP contribution in [0.15, 0.2) is 158 Å². The molecule has 0 spiro atoms. The molecule has 0 saturated carbocycles. The highest BCUT2D eigenvalue weighted by molar-refractivity contribution is 6.18. The van der Waals surface area contributed by atoms with E-state index in [1.165, 1.54) is 11.1 Å². The van der Waals surface area contributed by atoms with Crippen LogP contribution in [0, 0.1) is 5.92 Å². The number of pyridine rings is 1. The van der Waals surface area contributed by atoms with Crippen LogP contribution < -0.4 is 0 Å². The van der Waals surface area contributed by atoms with Crippen molar-refractivity contribution >= 4 is 50.3 Å². The summed E-state index contributed by atoms with van der Waals surface area (Å²) in [6.07, 6.45) is 10.5. The van der Waals surface area contributed by atoms with Crippen LogP contribution >= 0.6 is 0 Å². The van der Waals surface area contributed by atoms with E-state index in [0.717, 1.165) is 77.1 Å². The van der Waals surface area contributed by atoms with E-state index >= 15 is 0 Å². The topological polar surface area (TPSA) is 51.6 Å². The SMILES string of the molecule is C=Cc1c(/C=C\C)ccc2c(-c3ccc(-c4nc(-c5ccccc5)nc(-c5cccc(/C(=C/C=C(C)C)C(C)C)c5)n4)cc3)c3ccc4ccccc4c3nc12.CC. The van der Waals surface area contributed by atoms with Gasteiger partial charge in [-0.15, -0.1) is 0 Å². The molecule has 0 radical (unpaired) electrons. The van der Waals surface area contributed by atoms with Crippen molar-refractivity contribution in [2.45, 2.75) is 48.5 Å². The molecule has 8 rings (SSSR count). The van der Waals surface area contributed by atoms with E-state index < -0.39 is 0 Å². The summed E-state index contributed by atoms with van der Waals surface area (Å²) in [5.41, 5.74) is 12.7. The summed E-state index contributed by atoms with van der Waals surface area (Å²) in [7, 11) is 0. The molecular formula is C54H50N4. The fourth-order valence-corrected chi connectivity index (χ4v) is 7.48. The number of hydrogen-bond acceptors (Lipinski definition) is 4. The summed E-state index contributed by atoms with van der Waals surface area (Å²) in [5.74, 6) is 2.24. The predicted molar refractivity (Wildman–Crippen MR) is 250 cm³/mol. The number of hydrogen-bond donors (Lipinski definition) is 0. The molecule has 0 atom stereocenters. The summed E-state index contributed by atoms with van der Waals surface area (Å²) < 4.78 is 0. The first kappa shape index (κ1) is 39.5. The van der Waals surface area contributed by atoms with E-state index in [9.17, 15) is 0 Å². The lowest BCUT2D eigenvalue weighted by Crippen LogP contribution is -2.01. The number of rotatable bonds is 9. The number of aromatic nitrogens is 4. The Balaban J connectivity index is 0.00000252. The highest BCUT2D eigenvalue weighted by Gasteiger charge is 2.18. The standard InChI is InChI=1S/C52H44N4.C2H6/c1-7-15-35-27-30-45-47(46-31-28-36-16-12-13-21-44(36)49(46)53-48(45)42(35)8-2)37-23-25-39(26-24-37)51-54-50(38-17-10-9-11-18-38)55-52(56-51)41-20-14-19-40(32-41)43(34(5)6)29-22-33(3)4;1-2/h7-32,34H,2H2,1,3-6H3;1-2H3/b15-7-,43-29+;. The largest absolute Gasteiger partial charge is 0.246 e. The molecule has 0 amide bonds. The molecule has 0 bridgehead atoms. The van der Waals surface area contributed by atoms with Gasteiger partial charge in [0.25, 0.3) is 0 Å². The summed E-state index contributed by atoms with van der Waals surface area (Å²) in [6, 6.07) is 44.5. The summed E-state index contributed by atoms with van der Waals surface area (Å²) in [4.78, 5) is 20.6. The van der Waals surface area contributed by atoms with Crippen LogP contribution in [0.25, 0.3) is 95.6 Å². The Kier molecular flexibility index (Phi) is 12.0. The Morgan fingerprint density at radius 2 is 1.17 bits per heavy atom. The molecule has 2 aromatic heterocycles. The fraction of sp³-hybridized carbons (Fsp3) is 0.148. The second-order valence-electron chi connectivity index (χ2n) is 14.7. The molecule has 2 heterocycles. The minimum atomic E-state index is 0.347. The van der Waals surface area contributed by atoms with Crippen molar-refractivity contribution < 1.29 is 0 Å². The van der Waals surface area contributed by atoms with Gasteiger partial charge < -0.3 is 0 Å². The Bertz CT molecular complexity index is 2860. The molecule has 0 aliphatic carbocycles. The van der Waals surface area contributed by atoms with Gasteiger partial charge in [-0.05, 0) is 60.4 Å². The lowest BCUT2D eigenvalue weighted by molar-refractivity contribution is 0.855. The number of fused-ring (bicyclic) bond motifs is 4. The number of nitrogens with zero attached hydrogens (tertiary/aromatic N) is 4. The molecule has 4 nitrogen and oxygen atoms in total. The predicted octanol–water partition coefficient (Wildman–Crippen LogP) is 15.1. The van der Waals surface area contributed by atoms with Gasteiger partial charge in [-0.1, -0.05) is 192 Å². The van der Waals surface area contributed by atoms with Crippen LogP contribution in [0.2, 0.25) is 0 Å². The van der Waals surface area contributed by atoms with Crippen molar-refractivity contribution in [1.82, 2.24) is 19.9 Å². The lowest BCUT2D eigenvalue weighted by atomic mass is 9.91. The third-order valence-electron chi connectivity index (χ3n) is 10.2. The number of allylic oxidation sites excluding steroid dienone is 5. The van der Waals surface area contributed by atoms with Gasteiger partial charge in [0.1, 0.15) is 0 Å². The van der Waals surface area contributed by atoms with Crippen LogP contribution in [-0.2, 0) is 0 Å². The monoisotopic (exact) mass is 754 g/mol. The van der Waals surface area contributed by atoms with Crippen LogP contribution in [0.1, 0.15) is 65.2 Å². The highest BCUT2D eigenvalue weighted by atomic mass is 15.0. The second kappa shape index (κ2) is 17.6. The fourth-order valence-electron chi connectivity index (χ4n) is 7.48. The normalized spacial score (nSPS) is 11.6. The van der Waals surface area contributed by atoms with E-state index in [1.54, 1.807) is 0 Å². The first-order valence-electron chi connectivity index (χ1n) is 20.2. The van der Waals surface area contributed by atoms with Gasteiger partial charge in [-0.3, -0.25) is 0 Å². The summed E-state index contributed by atoms with van der Waals surface area (Å²) >= 11 is 0. The zero-order valence-corrected chi connectivity index (χ0v) is 34.6. The molecule has 8 aromatic rings. The van der Waals surface area contributed by atoms with Gasteiger partial charge >= 0.3 is 0 Å². The Hall–Kier alpha value is -6.78. The van der Waals surface area contributed by atoms with E-state index in [4.69, 9.17) is 19.9 Å². The first-order valence-corrected chi connectivity index (χ1v) is 20.2. The maximum atomic E-state index is 5.35. The Labute approximate surface area is 343 Å². The van der Waals surface area contributed by atoms with E-state index in [1.807, 2.05) is 57.2 Å². The minimum Gasteiger partial charge on any atom is -0.246 e. The van der Waals surface area contributed by atoms with Crippen LogP contribution in [0.4, 0.5) is 0 Å². The van der Waals surface area contributed by atoms with Gasteiger partial charge in [0.15, 0.2) is 17.5 Å². The van der Waals surface area contributed by atoms with Gasteiger partial charge in [0, 0.05) is 44.0 Å². The molecule has 0 fully saturated rings. The van der Waals surface area contributed by atoms with Crippen LogP contribution in [0.3, 0.4) is 0 Å². The van der Waals surface area contributed by atoms with Gasteiger partial charge in [0.2, 0.25) is 0 Å². The molecule has 4 heteroatoms. The molecule has 286 valence electrons. The van der Waals surface area contributed by atoms with Crippen LogP contribution in [-0.4, -0.2) is 19.9 Å². The van der Waals surface area contributed by atoms with Gasteiger partial charge in [-0.2, -0.15) is 0 Å². The molecule has 0 aliphatic rings. The van der Waals surface area contributed by atoms with Crippen molar-refractivity contribution in [3.63, 3.8) is 0 Å². The van der Waals surface area contributed by atoms with Gasteiger partial charge in [-0.25, -0.2) is 19.9 Å². The third kappa shape index (κ3) is 7.92. The van der Waals surface area contributed by atoms with Crippen molar-refractivity contribution in [1.29, 1.82) is 0 Å². The van der Waals surface area contributed by atoms with E-state index in [-0.39, 0.29) is 0 Å². The van der Waals surface area contributed by atoms with Gasteiger partial charge in [0.05, 0.1) is 11.0 Å². The van der Waals surface area contributed by atoms with E-state index in [2.05, 4.69) is 156 Å². The van der Waals surface area contributed by atoms with Crippen LogP contribution in [0.5, 0.6) is 0 Å². The quantitative estimate of drug-likeness (QED) is 0.0836. The zero-order chi connectivity index (χ0) is 40.8. The summed E-state index contributed by atoms with van der Waals surface area (Å²) in [5, 5.41) is 4.47. The molecule has 58 heavy (non-hydrogen) atoms. The van der Waals surface area contributed by atoms with Crippen molar-refractivity contribution in [3.8, 4) is 45.3 Å². The zero-order valence-electron chi connectivity index (χ0n) is 34.6. The maximum Gasteiger partial charge on any atom is 0.164 e. The molecule has 0 aliphatic heterocycles. The molecule has 0 saturated heterocycles. The molecule has 0 N–H and O–H groups in total. The van der Waals surface area contributed by atoms with E-state index in [0.29, 0.717) is 23.4 Å². The third-order valence-corrected chi connectivity index (χ3v) is 10.2. The van der Waals surface area contributed by atoms with Crippen molar-refractivity contribution in [3.05, 3.63) is 174 Å². The minimum absolute atomic E-state index is 0.347. The Morgan fingerprint density at radius 3 is 1.84 bits per heavy atom. The Morgan fingerprint density at radius 1 is 0.569 bits per heavy atom. The summed E-state index contributed by atoms with van der Waals surface area (Å²) in [6.45, 7) is 19.0. The number of benzene rings is 6. The molecular weight excluding hydrogens is 705 g/mol.